The first-order valence-corrected chi connectivity index (χ1v) is 11.2. The van der Waals surface area contributed by atoms with Gasteiger partial charge in [-0.05, 0) is 52.4 Å². The van der Waals surface area contributed by atoms with E-state index in [0.29, 0.717) is 12.0 Å². The summed E-state index contributed by atoms with van der Waals surface area (Å²) in [7, 11) is 0. The van der Waals surface area contributed by atoms with Crippen LogP contribution in [0, 0.1) is 0 Å². The zero-order chi connectivity index (χ0) is 23.2. The summed E-state index contributed by atoms with van der Waals surface area (Å²) in [5.41, 5.74) is 7.49. The van der Waals surface area contributed by atoms with Crippen molar-refractivity contribution in [3.05, 3.63) is 95.1 Å². The number of ketones is 1. The second kappa shape index (κ2) is 7.89. The lowest BCUT2D eigenvalue weighted by Crippen LogP contribution is -2.13. The Morgan fingerprint density at radius 1 is 0.970 bits per heavy atom. The van der Waals surface area contributed by atoms with Crippen molar-refractivity contribution in [2.75, 3.05) is 5.32 Å². The molecule has 1 aromatic heterocycles. The van der Waals surface area contributed by atoms with Crippen molar-refractivity contribution >= 4 is 34.4 Å². The summed E-state index contributed by atoms with van der Waals surface area (Å²) >= 11 is 0. The number of hydrogen-bond donors (Lipinski definition) is 2. The largest absolute Gasteiger partial charge is 0.354 e. The lowest BCUT2D eigenvalue weighted by Gasteiger charge is -2.19. The highest BCUT2D eigenvalue weighted by molar-refractivity contribution is 6.08. The number of carbonyl (C=O) groups excluding carboxylic acids is 2. The summed E-state index contributed by atoms with van der Waals surface area (Å²) in [6.45, 7) is 6.57. The molecule has 1 aliphatic heterocycles. The van der Waals surface area contributed by atoms with Crippen molar-refractivity contribution in [3.8, 4) is 11.3 Å². The Morgan fingerprint density at radius 2 is 1.76 bits per heavy atom. The summed E-state index contributed by atoms with van der Waals surface area (Å²) in [4.78, 5) is 28.7. The van der Waals surface area contributed by atoms with E-state index in [1.54, 1.807) is 6.08 Å². The molecule has 1 amide bonds. The molecule has 4 nitrogen and oxygen atoms in total. The first kappa shape index (κ1) is 21.0. The van der Waals surface area contributed by atoms with Gasteiger partial charge in [0, 0.05) is 22.0 Å². The van der Waals surface area contributed by atoms with Crippen LogP contribution in [-0.4, -0.2) is 16.7 Å². The highest BCUT2D eigenvalue weighted by Gasteiger charge is 2.24. The Balaban J connectivity index is 1.59. The molecule has 33 heavy (non-hydrogen) atoms. The van der Waals surface area contributed by atoms with Gasteiger partial charge >= 0.3 is 0 Å². The number of carbonyl (C=O) groups is 2. The SMILES string of the molecule is CC(C)(C)c1ccc2[nH]c3c(c2c1)CC(=O)Nc1ccc(/C=C/C(=O)c2ccccc2)cc1-3. The van der Waals surface area contributed by atoms with Gasteiger partial charge in [-0.3, -0.25) is 9.59 Å². The maximum atomic E-state index is 12.7. The van der Waals surface area contributed by atoms with E-state index in [1.807, 2.05) is 54.6 Å². The molecular formula is C29H26N2O2. The van der Waals surface area contributed by atoms with Crippen LogP contribution in [0.5, 0.6) is 0 Å². The van der Waals surface area contributed by atoms with E-state index in [2.05, 4.69) is 49.3 Å². The number of fused-ring (bicyclic) bond motifs is 5. The number of nitrogens with one attached hydrogen (secondary N) is 2. The fourth-order valence-corrected chi connectivity index (χ4v) is 4.33. The fourth-order valence-electron chi connectivity index (χ4n) is 4.33. The Labute approximate surface area is 193 Å². The summed E-state index contributed by atoms with van der Waals surface area (Å²) in [6.07, 6.45) is 3.73. The van der Waals surface area contributed by atoms with Crippen LogP contribution in [-0.2, 0) is 16.6 Å². The Kier molecular flexibility index (Phi) is 5.01. The van der Waals surface area contributed by atoms with E-state index in [1.165, 1.54) is 5.56 Å². The van der Waals surface area contributed by atoms with Crippen LogP contribution in [0.15, 0.2) is 72.8 Å². The molecule has 4 heteroatoms. The van der Waals surface area contributed by atoms with E-state index in [4.69, 9.17) is 0 Å². The molecule has 1 aliphatic rings. The zero-order valence-corrected chi connectivity index (χ0v) is 19.0. The molecule has 0 saturated heterocycles. The van der Waals surface area contributed by atoms with Gasteiger partial charge in [0.1, 0.15) is 0 Å². The van der Waals surface area contributed by atoms with Crippen LogP contribution >= 0.6 is 0 Å². The van der Waals surface area contributed by atoms with Crippen molar-refractivity contribution < 1.29 is 9.59 Å². The molecule has 2 N–H and O–H groups in total. The topological polar surface area (TPSA) is 62.0 Å². The van der Waals surface area contributed by atoms with E-state index < -0.39 is 0 Å². The molecule has 164 valence electrons. The minimum absolute atomic E-state index is 0.0203. The van der Waals surface area contributed by atoms with Gasteiger partial charge in [0.15, 0.2) is 5.78 Å². The van der Waals surface area contributed by atoms with Gasteiger partial charge in [0.2, 0.25) is 5.91 Å². The number of aromatic amines is 1. The maximum Gasteiger partial charge on any atom is 0.228 e. The van der Waals surface area contributed by atoms with Gasteiger partial charge < -0.3 is 10.3 Å². The van der Waals surface area contributed by atoms with Crippen LogP contribution in [0.4, 0.5) is 5.69 Å². The highest BCUT2D eigenvalue weighted by atomic mass is 16.1. The monoisotopic (exact) mass is 434 g/mol. The van der Waals surface area contributed by atoms with Gasteiger partial charge in [0.25, 0.3) is 0 Å². The molecule has 0 atom stereocenters. The molecule has 0 radical (unpaired) electrons. The van der Waals surface area contributed by atoms with E-state index in [-0.39, 0.29) is 17.1 Å². The quantitative estimate of drug-likeness (QED) is 0.285. The molecule has 4 aromatic rings. The van der Waals surface area contributed by atoms with Crippen LogP contribution in [0.25, 0.3) is 28.2 Å². The Hall–Kier alpha value is -3.92. The molecule has 5 rings (SSSR count). The highest BCUT2D eigenvalue weighted by Crippen LogP contribution is 2.39. The van der Waals surface area contributed by atoms with Crippen LogP contribution in [0.1, 0.15) is 47.8 Å². The van der Waals surface area contributed by atoms with E-state index >= 15 is 0 Å². The Morgan fingerprint density at radius 3 is 2.52 bits per heavy atom. The molecular weight excluding hydrogens is 408 g/mol. The predicted octanol–water partition coefficient (Wildman–Crippen LogP) is 6.52. The fraction of sp³-hybridized carbons (Fsp3) is 0.172. The van der Waals surface area contributed by atoms with Crippen molar-refractivity contribution in [1.29, 1.82) is 0 Å². The van der Waals surface area contributed by atoms with Crippen molar-refractivity contribution in [2.24, 2.45) is 0 Å². The van der Waals surface area contributed by atoms with Crippen LogP contribution in [0.2, 0.25) is 0 Å². The molecule has 0 spiro atoms. The summed E-state index contributed by atoms with van der Waals surface area (Å²) in [5.74, 6) is -0.0699. The number of amides is 1. The first-order chi connectivity index (χ1) is 15.8. The van der Waals surface area contributed by atoms with Gasteiger partial charge in [-0.25, -0.2) is 0 Å². The Bertz CT molecular complexity index is 1420. The molecule has 2 heterocycles. The number of rotatable bonds is 3. The summed E-state index contributed by atoms with van der Waals surface area (Å²) < 4.78 is 0. The van der Waals surface area contributed by atoms with Crippen LogP contribution < -0.4 is 5.32 Å². The van der Waals surface area contributed by atoms with Gasteiger partial charge in [-0.2, -0.15) is 0 Å². The second-order valence-corrected chi connectivity index (χ2v) is 9.58. The van der Waals surface area contributed by atoms with Crippen molar-refractivity contribution in [2.45, 2.75) is 32.6 Å². The number of allylic oxidation sites excluding steroid dienone is 1. The average Bonchev–Trinajstić information content (AvgIpc) is 3.08. The van der Waals surface area contributed by atoms with Gasteiger partial charge in [0.05, 0.1) is 17.8 Å². The zero-order valence-electron chi connectivity index (χ0n) is 19.0. The van der Waals surface area contributed by atoms with Gasteiger partial charge in [-0.15, -0.1) is 0 Å². The third-order valence-corrected chi connectivity index (χ3v) is 6.18. The lowest BCUT2D eigenvalue weighted by molar-refractivity contribution is -0.115. The molecule has 0 fully saturated rings. The third kappa shape index (κ3) is 4.00. The molecule has 0 unspecified atom stereocenters. The third-order valence-electron chi connectivity index (χ3n) is 6.18. The van der Waals surface area contributed by atoms with Crippen LogP contribution in [0.3, 0.4) is 0 Å². The number of benzene rings is 3. The van der Waals surface area contributed by atoms with Gasteiger partial charge in [-0.1, -0.05) is 69.3 Å². The molecule has 0 bridgehead atoms. The number of anilines is 1. The number of hydrogen-bond acceptors (Lipinski definition) is 2. The molecule has 0 saturated carbocycles. The van der Waals surface area contributed by atoms with E-state index in [0.717, 1.165) is 39.0 Å². The smallest absolute Gasteiger partial charge is 0.228 e. The minimum Gasteiger partial charge on any atom is -0.354 e. The van der Waals surface area contributed by atoms with Crippen molar-refractivity contribution in [3.63, 3.8) is 0 Å². The average molecular weight is 435 g/mol. The molecule has 0 aliphatic carbocycles. The first-order valence-electron chi connectivity index (χ1n) is 11.2. The standard InChI is InChI=1S/C29H26N2O2/c1-29(2,3)20-11-13-24-21(16-20)22-17-27(33)30-25-12-9-18(15-23(25)28(22)31-24)10-14-26(32)19-7-5-4-6-8-19/h4-16,31H,17H2,1-3H3,(H,30,33)/b14-10+. The lowest BCUT2D eigenvalue weighted by atomic mass is 9.86. The molecule has 3 aromatic carbocycles. The predicted molar refractivity (Wildman–Crippen MR) is 135 cm³/mol. The van der Waals surface area contributed by atoms with E-state index in [9.17, 15) is 9.59 Å². The number of aromatic nitrogens is 1. The second-order valence-electron chi connectivity index (χ2n) is 9.58. The summed E-state index contributed by atoms with van der Waals surface area (Å²) in [6, 6.07) is 21.5. The summed E-state index contributed by atoms with van der Waals surface area (Å²) in [5, 5.41) is 4.12. The normalized spacial score (nSPS) is 13.5. The maximum absolute atomic E-state index is 12.7. The number of H-pyrrole nitrogens is 1. The van der Waals surface area contributed by atoms with Crippen molar-refractivity contribution in [1.82, 2.24) is 4.98 Å². The minimum atomic E-state index is -0.0418.